The van der Waals surface area contributed by atoms with Crippen molar-refractivity contribution in [2.45, 2.75) is 51.0 Å². The predicted molar refractivity (Wildman–Crippen MR) is 80.5 cm³/mol. The second-order valence-electron chi connectivity index (χ2n) is 6.84. The van der Waals surface area contributed by atoms with Crippen LogP contribution in [0.5, 0.6) is 0 Å². The second-order valence-corrected chi connectivity index (χ2v) is 6.84. The highest BCUT2D eigenvalue weighted by Gasteiger charge is 2.27. The van der Waals surface area contributed by atoms with Crippen molar-refractivity contribution in [3.63, 3.8) is 0 Å². The first kappa shape index (κ1) is 13.8. The van der Waals surface area contributed by atoms with Gasteiger partial charge in [0.25, 0.3) is 0 Å². The fourth-order valence-electron chi connectivity index (χ4n) is 4.14. The molecule has 0 radical (unpaired) electrons. The van der Waals surface area contributed by atoms with E-state index < -0.39 is 0 Å². The van der Waals surface area contributed by atoms with Crippen LogP contribution in [0.25, 0.3) is 0 Å². The van der Waals surface area contributed by atoms with E-state index in [9.17, 15) is 0 Å². The minimum atomic E-state index is 0.829. The summed E-state index contributed by atoms with van der Waals surface area (Å²) in [5.41, 5.74) is 0. The van der Waals surface area contributed by atoms with E-state index in [1.165, 1.54) is 90.8 Å². The molecule has 0 amide bonds. The van der Waals surface area contributed by atoms with Crippen LogP contribution in [0.3, 0.4) is 0 Å². The van der Waals surface area contributed by atoms with Crippen LogP contribution in [-0.4, -0.2) is 61.7 Å². The van der Waals surface area contributed by atoms with Gasteiger partial charge in [0, 0.05) is 19.1 Å². The topological polar surface area (TPSA) is 18.5 Å². The molecule has 19 heavy (non-hydrogen) atoms. The molecular weight excluding hydrogens is 234 g/mol. The molecule has 3 nitrogen and oxygen atoms in total. The Hall–Kier alpha value is -0.120. The van der Waals surface area contributed by atoms with E-state index in [4.69, 9.17) is 0 Å². The summed E-state index contributed by atoms with van der Waals surface area (Å²) in [5.74, 6) is 0.980. The molecule has 0 saturated carbocycles. The minimum absolute atomic E-state index is 0.829. The van der Waals surface area contributed by atoms with Gasteiger partial charge in [-0.05, 0) is 77.2 Å². The summed E-state index contributed by atoms with van der Waals surface area (Å²) in [6.07, 6.45) is 9.97. The lowest BCUT2D eigenvalue weighted by Gasteiger charge is -2.38. The van der Waals surface area contributed by atoms with Gasteiger partial charge in [0.15, 0.2) is 0 Å². The number of likely N-dealkylation sites (tertiary alicyclic amines) is 2. The Morgan fingerprint density at radius 3 is 2.42 bits per heavy atom. The molecule has 1 atom stereocenters. The summed E-state index contributed by atoms with van der Waals surface area (Å²) >= 11 is 0. The average Bonchev–Trinajstić information content (AvgIpc) is 2.80. The quantitative estimate of drug-likeness (QED) is 0.841. The zero-order valence-corrected chi connectivity index (χ0v) is 12.4. The summed E-state index contributed by atoms with van der Waals surface area (Å²) in [4.78, 5) is 5.48. The first-order valence-corrected chi connectivity index (χ1v) is 8.59. The van der Waals surface area contributed by atoms with Gasteiger partial charge in [-0.2, -0.15) is 0 Å². The fraction of sp³-hybridized carbons (Fsp3) is 1.00. The van der Waals surface area contributed by atoms with Gasteiger partial charge in [-0.3, -0.25) is 4.90 Å². The maximum Gasteiger partial charge on any atom is 0.0220 e. The number of nitrogens with one attached hydrogen (secondary N) is 1. The van der Waals surface area contributed by atoms with Crippen LogP contribution in [0.1, 0.15) is 44.9 Å². The molecule has 3 aliphatic rings. The van der Waals surface area contributed by atoms with Crippen molar-refractivity contribution in [1.82, 2.24) is 15.1 Å². The molecule has 3 fully saturated rings. The summed E-state index contributed by atoms with van der Waals surface area (Å²) in [5, 5.41) is 3.61. The van der Waals surface area contributed by atoms with Gasteiger partial charge < -0.3 is 10.2 Å². The average molecular weight is 265 g/mol. The van der Waals surface area contributed by atoms with Crippen LogP contribution in [0.2, 0.25) is 0 Å². The van der Waals surface area contributed by atoms with Gasteiger partial charge in [0.05, 0.1) is 0 Å². The summed E-state index contributed by atoms with van der Waals surface area (Å²) in [6.45, 7) is 9.30. The van der Waals surface area contributed by atoms with Crippen LogP contribution >= 0.6 is 0 Å². The third-order valence-electron chi connectivity index (χ3n) is 5.40. The van der Waals surface area contributed by atoms with Crippen molar-refractivity contribution in [3.8, 4) is 0 Å². The van der Waals surface area contributed by atoms with Crippen molar-refractivity contribution >= 4 is 0 Å². The molecule has 3 heterocycles. The lowest BCUT2D eigenvalue weighted by atomic mass is 9.94. The molecule has 0 aromatic heterocycles. The van der Waals surface area contributed by atoms with Gasteiger partial charge in [0.2, 0.25) is 0 Å². The zero-order valence-electron chi connectivity index (χ0n) is 12.4. The smallest absolute Gasteiger partial charge is 0.0220 e. The van der Waals surface area contributed by atoms with Gasteiger partial charge in [-0.1, -0.05) is 6.42 Å². The maximum absolute atomic E-state index is 3.61. The summed E-state index contributed by atoms with van der Waals surface area (Å²) in [6, 6.07) is 0.829. The summed E-state index contributed by atoms with van der Waals surface area (Å²) < 4.78 is 0. The Labute approximate surface area is 118 Å². The van der Waals surface area contributed by atoms with Crippen molar-refractivity contribution in [1.29, 1.82) is 0 Å². The van der Waals surface area contributed by atoms with Crippen molar-refractivity contribution in [2.75, 3.05) is 45.8 Å². The molecular formula is C16H31N3. The number of nitrogens with zero attached hydrogens (tertiary/aromatic N) is 2. The van der Waals surface area contributed by atoms with Gasteiger partial charge in [-0.15, -0.1) is 0 Å². The molecule has 1 unspecified atom stereocenters. The SMILES string of the molecule is C1CCC(N2CCC(CN3CCCC3)CC2)CNC1. The van der Waals surface area contributed by atoms with Crippen LogP contribution in [0.4, 0.5) is 0 Å². The van der Waals surface area contributed by atoms with Crippen LogP contribution in [-0.2, 0) is 0 Å². The predicted octanol–water partition coefficient (Wildman–Crippen LogP) is 1.94. The maximum atomic E-state index is 3.61. The normalized spacial score (nSPS) is 32.5. The van der Waals surface area contributed by atoms with Crippen LogP contribution in [0, 0.1) is 5.92 Å². The first-order valence-electron chi connectivity index (χ1n) is 8.59. The highest BCUT2D eigenvalue weighted by atomic mass is 15.2. The molecule has 1 N–H and O–H groups in total. The monoisotopic (exact) mass is 265 g/mol. The molecule has 0 aliphatic carbocycles. The van der Waals surface area contributed by atoms with Crippen molar-refractivity contribution < 1.29 is 0 Å². The highest BCUT2D eigenvalue weighted by molar-refractivity contribution is 4.83. The van der Waals surface area contributed by atoms with E-state index in [0.29, 0.717) is 0 Å². The van der Waals surface area contributed by atoms with E-state index in [-0.39, 0.29) is 0 Å². The minimum Gasteiger partial charge on any atom is -0.315 e. The van der Waals surface area contributed by atoms with Crippen molar-refractivity contribution in [3.05, 3.63) is 0 Å². The molecule has 3 heteroatoms. The Kier molecular flexibility index (Phi) is 5.14. The van der Waals surface area contributed by atoms with Gasteiger partial charge in [0.1, 0.15) is 0 Å². The number of hydrogen-bond acceptors (Lipinski definition) is 3. The largest absolute Gasteiger partial charge is 0.315 e. The van der Waals surface area contributed by atoms with Crippen LogP contribution in [0.15, 0.2) is 0 Å². The van der Waals surface area contributed by atoms with E-state index in [0.717, 1.165) is 12.0 Å². The molecule has 0 aromatic carbocycles. The Bertz CT molecular complexity index is 247. The van der Waals surface area contributed by atoms with E-state index in [1.807, 2.05) is 0 Å². The highest BCUT2D eigenvalue weighted by Crippen LogP contribution is 2.23. The Balaban J connectivity index is 1.40. The molecule has 110 valence electrons. The fourth-order valence-corrected chi connectivity index (χ4v) is 4.14. The number of piperidine rings is 1. The van der Waals surface area contributed by atoms with Gasteiger partial charge in [-0.25, -0.2) is 0 Å². The number of hydrogen-bond donors (Lipinski definition) is 1. The van der Waals surface area contributed by atoms with Crippen LogP contribution < -0.4 is 5.32 Å². The first-order chi connectivity index (χ1) is 9.42. The van der Waals surface area contributed by atoms with E-state index in [2.05, 4.69) is 15.1 Å². The molecule has 3 saturated heterocycles. The lowest BCUT2D eigenvalue weighted by Crippen LogP contribution is -2.46. The Morgan fingerprint density at radius 1 is 0.842 bits per heavy atom. The third-order valence-corrected chi connectivity index (χ3v) is 5.40. The molecule has 0 spiro atoms. The molecule has 0 aromatic rings. The number of rotatable bonds is 3. The second kappa shape index (κ2) is 7.05. The Morgan fingerprint density at radius 2 is 1.63 bits per heavy atom. The van der Waals surface area contributed by atoms with Gasteiger partial charge >= 0.3 is 0 Å². The summed E-state index contributed by atoms with van der Waals surface area (Å²) in [7, 11) is 0. The van der Waals surface area contributed by atoms with E-state index >= 15 is 0 Å². The van der Waals surface area contributed by atoms with E-state index in [1.54, 1.807) is 0 Å². The molecule has 3 rings (SSSR count). The van der Waals surface area contributed by atoms with Crippen molar-refractivity contribution in [2.24, 2.45) is 5.92 Å². The molecule has 0 bridgehead atoms. The standard InChI is InChI=1S/C16H31N3/c1-2-8-17-13-16(5-1)19-11-6-15(7-12-19)14-18-9-3-4-10-18/h15-17H,1-14H2. The third kappa shape index (κ3) is 3.93. The lowest BCUT2D eigenvalue weighted by molar-refractivity contribution is 0.111. The zero-order chi connectivity index (χ0) is 12.9. The molecule has 3 aliphatic heterocycles.